The van der Waals surface area contributed by atoms with E-state index < -0.39 is 11.2 Å². The molecule has 0 aliphatic carbocycles. The number of hydrogen-bond acceptors (Lipinski definition) is 4. The summed E-state index contributed by atoms with van der Waals surface area (Å²) in [4.78, 5) is 26.9. The van der Waals surface area contributed by atoms with Gasteiger partial charge in [-0.15, -0.1) is 0 Å². The van der Waals surface area contributed by atoms with Gasteiger partial charge in [0.1, 0.15) is 5.82 Å². The maximum absolute atomic E-state index is 11.5. The first-order chi connectivity index (χ1) is 8.08. The lowest BCUT2D eigenvalue weighted by Crippen LogP contribution is -2.32. The molecule has 1 rings (SSSR count). The number of nitrogens with two attached hydrogens (primary N) is 1. The molecule has 0 fully saturated rings. The SMILES string of the molecule is CCN(CC)CCCn1c(N)cc(=O)[nH]c1=O. The minimum Gasteiger partial charge on any atom is -0.385 e. The second-order valence-corrected chi connectivity index (χ2v) is 3.90. The van der Waals surface area contributed by atoms with Crippen LogP contribution in [0.5, 0.6) is 0 Å². The van der Waals surface area contributed by atoms with E-state index in [1.807, 2.05) is 0 Å². The molecule has 96 valence electrons. The zero-order chi connectivity index (χ0) is 12.8. The van der Waals surface area contributed by atoms with E-state index in [1.165, 1.54) is 10.6 Å². The van der Waals surface area contributed by atoms with Crippen molar-refractivity contribution in [3.8, 4) is 0 Å². The summed E-state index contributed by atoms with van der Waals surface area (Å²) in [5, 5.41) is 0. The second-order valence-electron chi connectivity index (χ2n) is 3.90. The van der Waals surface area contributed by atoms with Crippen LogP contribution in [0.25, 0.3) is 0 Å². The molecule has 1 heterocycles. The molecule has 17 heavy (non-hydrogen) atoms. The molecule has 1 aromatic rings. The van der Waals surface area contributed by atoms with E-state index in [1.54, 1.807) is 0 Å². The van der Waals surface area contributed by atoms with Crippen molar-refractivity contribution in [1.29, 1.82) is 0 Å². The lowest BCUT2D eigenvalue weighted by atomic mass is 10.3. The molecule has 0 saturated carbocycles. The molecule has 0 amide bonds. The van der Waals surface area contributed by atoms with Gasteiger partial charge >= 0.3 is 5.69 Å². The van der Waals surface area contributed by atoms with Gasteiger partial charge in [0.05, 0.1) is 0 Å². The molecule has 0 radical (unpaired) electrons. The number of aromatic amines is 1. The van der Waals surface area contributed by atoms with Gasteiger partial charge in [0.25, 0.3) is 5.56 Å². The fourth-order valence-electron chi connectivity index (χ4n) is 1.76. The molecule has 0 spiro atoms. The standard InChI is InChI=1S/C11H20N4O2/c1-3-14(4-2)6-5-7-15-9(12)8-10(16)13-11(15)17/h8H,3-7,12H2,1-2H3,(H,13,16,17). The van der Waals surface area contributed by atoms with Gasteiger partial charge in [-0.25, -0.2) is 4.79 Å². The highest BCUT2D eigenvalue weighted by Crippen LogP contribution is 1.97. The average molecular weight is 240 g/mol. The van der Waals surface area contributed by atoms with Crippen LogP contribution in [0.1, 0.15) is 20.3 Å². The van der Waals surface area contributed by atoms with E-state index in [4.69, 9.17) is 5.73 Å². The summed E-state index contributed by atoms with van der Waals surface area (Å²) >= 11 is 0. The molecule has 0 unspecified atom stereocenters. The number of anilines is 1. The van der Waals surface area contributed by atoms with Gasteiger partial charge in [-0.1, -0.05) is 13.8 Å². The summed E-state index contributed by atoms with van der Waals surface area (Å²) in [7, 11) is 0. The van der Waals surface area contributed by atoms with Crippen LogP contribution in [0.4, 0.5) is 5.82 Å². The van der Waals surface area contributed by atoms with Crippen molar-refractivity contribution in [2.75, 3.05) is 25.4 Å². The van der Waals surface area contributed by atoms with Gasteiger partial charge in [0.15, 0.2) is 0 Å². The number of rotatable bonds is 6. The Bertz CT molecular complexity index is 459. The van der Waals surface area contributed by atoms with E-state index in [0.29, 0.717) is 6.54 Å². The highest BCUT2D eigenvalue weighted by atomic mass is 16.2. The molecule has 1 aromatic heterocycles. The summed E-state index contributed by atoms with van der Waals surface area (Å²) in [5.41, 5.74) is 4.75. The Morgan fingerprint density at radius 2 is 2.00 bits per heavy atom. The molecule has 6 nitrogen and oxygen atoms in total. The third kappa shape index (κ3) is 3.74. The molecule has 0 aliphatic heterocycles. The molecule has 3 N–H and O–H groups in total. The molecular formula is C11H20N4O2. The number of aromatic nitrogens is 2. The van der Waals surface area contributed by atoms with Gasteiger partial charge in [0.2, 0.25) is 0 Å². The van der Waals surface area contributed by atoms with Crippen LogP contribution in [0.2, 0.25) is 0 Å². The molecular weight excluding hydrogens is 220 g/mol. The maximum atomic E-state index is 11.5. The smallest absolute Gasteiger partial charge is 0.329 e. The predicted octanol–water partition coefficient (Wildman–Crippen LogP) is -0.149. The number of nitrogens with one attached hydrogen (secondary N) is 1. The zero-order valence-electron chi connectivity index (χ0n) is 10.4. The Kier molecular flexibility index (Phi) is 4.96. The number of nitrogen functional groups attached to an aromatic ring is 1. The van der Waals surface area contributed by atoms with Crippen molar-refractivity contribution in [3.05, 3.63) is 26.9 Å². The van der Waals surface area contributed by atoms with Gasteiger partial charge in [-0.3, -0.25) is 14.3 Å². The Hall–Kier alpha value is -1.56. The Morgan fingerprint density at radius 1 is 1.35 bits per heavy atom. The van der Waals surface area contributed by atoms with Gasteiger partial charge in [-0.2, -0.15) is 0 Å². The van der Waals surface area contributed by atoms with E-state index >= 15 is 0 Å². The zero-order valence-corrected chi connectivity index (χ0v) is 10.4. The summed E-state index contributed by atoms with van der Waals surface area (Å²) in [6.45, 7) is 7.63. The predicted molar refractivity (Wildman–Crippen MR) is 68.1 cm³/mol. The fourth-order valence-corrected chi connectivity index (χ4v) is 1.76. The van der Waals surface area contributed by atoms with Crippen LogP contribution in [-0.4, -0.2) is 34.1 Å². The number of hydrogen-bond donors (Lipinski definition) is 2. The highest BCUT2D eigenvalue weighted by molar-refractivity contribution is 5.25. The van der Waals surface area contributed by atoms with Gasteiger partial charge in [0, 0.05) is 12.6 Å². The van der Waals surface area contributed by atoms with Crippen LogP contribution in [0, 0.1) is 0 Å². The first-order valence-electron chi connectivity index (χ1n) is 5.90. The van der Waals surface area contributed by atoms with E-state index in [-0.39, 0.29) is 5.82 Å². The van der Waals surface area contributed by atoms with Crippen LogP contribution >= 0.6 is 0 Å². The second kappa shape index (κ2) is 6.24. The van der Waals surface area contributed by atoms with Crippen molar-refractivity contribution in [2.24, 2.45) is 0 Å². The molecule has 6 heteroatoms. The largest absolute Gasteiger partial charge is 0.385 e. The lowest BCUT2D eigenvalue weighted by molar-refractivity contribution is 0.292. The molecule has 0 atom stereocenters. The number of nitrogens with zero attached hydrogens (tertiary/aromatic N) is 2. The van der Waals surface area contributed by atoms with E-state index in [2.05, 4.69) is 23.7 Å². The Balaban J connectivity index is 2.64. The third-order valence-electron chi connectivity index (χ3n) is 2.82. The van der Waals surface area contributed by atoms with Gasteiger partial charge < -0.3 is 10.6 Å². The number of H-pyrrole nitrogens is 1. The summed E-state index contributed by atoms with van der Waals surface area (Å²) in [5.74, 6) is 0.221. The van der Waals surface area contributed by atoms with Crippen molar-refractivity contribution in [1.82, 2.24) is 14.5 Å². The summed E-state index contributed by atoms with van der Waals surface area (Å²) < 4.78 is 1.39. The normalized spacial score (nSPS) is 11.0. The van der Waals surface area contributed by atoms with Crippen LogP contribution in [0.3, 0.4) is 0 Å². The minimum atomic E-state index is -0.451. The molecule has 0 saturated heterocycles. The third-order valence-corrected chi connectivity index (χ3v) is 2.82. The molecule has 0 aromatic carbocycles. The molecule has 0 aliphatic rings. The highest BCUT2D eigenvalue weighted by Gasteiger charge is 2.04. The van der Waals surface area contributed by atoms with Crippen molar-refractivity contribution in [3.63, 3.8) is 0 Å². The topological polar surface area (TPSA) is 84.1 Å². The summed E-state index contributed by atoms with van der Waals surface area (Å²) in [6, 6.07) is 1.23. The average Bonchev–Trinajstić information content (AvgIpc) is 2.27. The Morgan fingerprint density at radius 3 is 2.53 bits per heavy atom. The lowest BCUT2D eigenvalue weighted by Gasteiger charge is -2.18. The molecule has 0 bridgehead atoms. The Labute approximate surface area is 100 Å². The van der Waals surface area contributed by atoms with Crippen LogP contribution in [0.15, 0.2) is 15.7 Å². The van der Waals surface area contributed by atoms with Crippen LogP contribution in [-0.2, 0) is 6.54 Å². The van der Waals surface area contributed by atoms with Crippen molar-refractivity contribution < 1.29 is 0 Å². The van der Waals surface area contributed by atoms with E-state index in [9.17, 15) is 9.59 Å². The maximum Gasteiger partial charge on any atom is 0.329 e. The van der Waals surface area contributed by atoms with E-state index in [0.717, 1.165) is 26.1 Å². The monoisotopic (exact) mass is 240 g/mol. The van der Waals surface area contributed by atoms with Crippen molar-refractivity contribution >= 4 is 5.82 Å². The van der Waals surface area contributed by atoms with Gasteiger partial charge in [-0.05, 0) is 26.1 Å². The first-order valence-corrected chi connectivity index (χ1v) is 5.90. The fraction of sp³-hybridized carbons (Fsp3) is 0.636. The van der Waals surface area contributed by atoms with Crippen molar-refractivity contribution in [2.45, 2.75) is 26.8 Å². The van der Waals surface area contributed by atoms with Crippen LogP contribution < -0.4 is 17.0 Å². The summed E-state index contributed by atoms with van der Waals surface area (Å²) in [6.07, 6.45) is 0.831. The quantitative estimate of drug-likeness (QED) is 0.724. The first kappa shape index (κ1) is 13.5. The minimum absolute atomic E-state index is 0.221.